The molecule has 0 saturated carbocycles. The molecule has 0 aliphatic carbocycles. The highest BCUT2D eigenvalue weighted by Crippen LogP contribution is 2.20. The molecule has 0 radical (unpaired) electrons. The fourth-order valence-electron chi connectivity index (χ4n) is 3.53. The van der Waals surface area contributed by atoms with Crippen molar-refractivity contribution in [3.8, 4) is 0 Å². The summed E-state index contributed by atoms with van der Waals surface area (Å²) in [7, 11) is 2.17. The molecule has 2 aliphatic heterocycles. The highest BCUT2D eigenvalue weighted by molar-refractivity contribution is 5.94. The van der Waals surface area contributed by atoms with Crippen molar-refractivity contribution in [2.24, 2.45) is 5.73 Å². The Kier molecular flexibility index (Phi) is 5.30. The van der Waals surface area contributed by atoms with Gasteiger partial charge in [-0.25, -0.2) is 0 Å². The standard InChI is InChI=1S/C18H28N4O/c1-20-9-11-21(12-10-20)14-15-4-6-16(7-5-15)18(23)22-8-2-3-17(22)13-19/h4-7,17H,2-3,8-14,19H2,1H3/t17-/m0/s1. The van der Waals surface area contributed by atoms with Crippen molar-refractivity contribution >= 4 is 5.91 Å². The van der Waals surface area contributed by atoms with Crippen LogP contribution in [0.15, 0.2) is 24.3 Å². The molecule has 126 valence electrons. The summed E-state index contributed by atoms with van der Waals surface area (Å²) in [5, 5.41) is 0. The molecule has 1 aromatic rings. The maximum atomic E-state index is 12.6. The van der Waals surface area contributed by atoms with E-state index in [0.29, 0.717) is 6.54 Å². The molecule has 0 bridgehead atoms. The van der Waals surface area contributed by atoms with Crippen molar-refractivity contribution in [1.82, 2.24) is 14.7 Å². The second-order valence-electron chi connectivity index (χ2n) is 6.81. The van der Waals surface area contributed by atoms with Crippen LogP contribution in [0.25, 0.3) is 0 Å². The topological polar surface area (TPSA) is 52.8 Å². The minimum absolute atomic E-state index is 0.129. The van der Waals surface area contributed by atoms with E-state index in [2.05, 4.69) is 29.0 Å². The maximum Gasteiger partial charge on any atom is 0.254 e. The third-order valence-corrected chi connectivity index (χ3v) is 5.11. The Labute approximate surface area is 139 Å². The first kappa shape index (κ1) is 16.4. The molecule has 0 unspecified atom stereocenters. The van der Waals surface area contributed by atoms with Crippen LogP contribution in [0.5, 0.6) is 0 Å². The molecule has 2 heterocycles. The predicted molar refractivity (Wildman–Crippen MR) is 92.3 cm³/mol. The lowest BCUT2D eigenvalue weighted by molar-refractivity contribution is 0.0741. The summed E-state index contributed by atoms with van der Waals surface area (Å²) >= 11 is 0. The highest BCUT2D eigenvalue weighted by Gasteiger charge is 2.28. The Morgan fingerprint density at radius 2 is 1.83 bits per heavy atom. The molecular weight excluding hydrogens is 288 g/mol. The molecule has 1 aromatic carbocycles. The van der Waals surface area contributed by atoms with E-state index in [4.69, 9.17) is 5.73 Å². The lowest BCUT2D eigenvalue weighted by Crippen LogP contribution is -2.43. The van der Waals surface area contributed by atoms with Crippen LogP contribution in [0, 0.1) is 0 Å². The summed E-state index contributed by atoms with van der Waals surface area (Å²) in [6, 6.07) is 8.35. The smallest absolute Gasteiger partial charge is 0.254 e. The van der Waals surface area contributed by atoms with Gasteiger partial charge in [0, 0.05) is 57.4 Å². The fraction of sp³-hybridized carbons (Fsp3) is 0.611. The quantitative estimate of drug-likeness (QED) is 0.900. The van der Waals surface area contributed by atoms with Gasteiger partial charge in [-0.1, -0.05) is 12.1 Å². The zero-order chi connectivity index (χ0) is 16.2. The van der Waals surface area contributed by atoms with Gasteiger partial charge in [0.15, 0.2) is 0 Å². The summed E-state index contributed by atoms with van der Waals surface area (Å²) in [6.07, 6.45) is 2.10. The van der Waals surface area contributed by atoms with Crippen molar-refractivity contribution in [1.29, 1.82) is 0 Å². The summed E-state index contributed by atoms with van der Waals surface area (Å²) in [5.41, 5.74) is 7.84. The van der Waals surface area contributed by atoms with Crippen molar-refractivity contribution < 1.29 is 4.79 Å². The van der Waals surface area contributed by atoms with Gasteiger partial charge in [-0.3, -0.25) is 9.69 Å². The predicted octanol–water partition coefficient (Wildman–Crippen LogP) is 0.997. The second-order valence-corrected chi connectivity index (χ2v) is 6.81. The number of likely N-dealkylation sites (N-methyl/N-ethyl adjacent to an activating group) is 1. The molecule has 2 aliphatic rings. The van der Waals surface area contributed by atoms with E-state index in [1.807, 2.05) is 17.0 Å². The molecule has 5 nitrogen and oxygen atoms in total. The van der Waals surface area contributed by atoms with Crippen LogP contribution in [0.1, 0.15) is 28.8 Å². The molecule has 2 fully saturated rings. The Balaban J connectivity index is 1.59. The van der Waals surface area contributed by atoms with Gasteiger partial charge in [0.1, 0.15) is 0 Å². The summed E-state index contributed by atoms with van der Waals surface area (Å²) < 4.78 is 0. The Morgan fingerprint density at radius 1 is 1.13 bits per heavy atom. The van der Waals surface area contributed by atoms with E-state index in [-0.39, 0.29) is 11.9 Å². The number of carbonyl (C=O) groups excluding carboxylic acids is 1. The molecule has 1 amide bonds. The van der Waals surface area contributed by atoms with Crippen LogP contribution in [-0.2, 0) is 6.54 Å². The molecule has 0 spiro atoms. The summed E-state index contributed by atoms with van der Waals surface area (Å²) in [5.74, 6) is 0.129. The van der Waals surface area contributed by atoms with Crippen LogP contribution >= 0.6 is 0 Å². The van der Waals surface area contributed by atoms with Crippen molar-refractivity contribution in [2.45, 2.75) is 25.4 Å². The minimum Gasteiger partial charge on any atom is -0.334 e. The third-order valence-electron chi connectivity index (χ3n) is 5.11. The molecule has 1 atom stereocenters. The van der Waals surface area contributed by atoms with Gasteiger partial charge >= 0.3 is 0 Å². The van der Waals surface area contributed by atoms with Crippen molar-refractivity contribution in [3.05, 3.63) is 35.4 Å². The number of nitrogens with zero attached hydrogens (tertiary/aromatic N) is 3. The number of rotatable bonds is 4. The average molecular weight is 316 g/mol. The van der Waals surface area contributed by atoms with Crippen LogP contribution in [0.3, 0.4) is 0 Å². The second kappa shape index (κ2) is 7.43. The van der Waals surface area contributed by atoms with Gasteiger partial charge in [0.2, 0.25) is 0 Å². The number of likely N-dealkylation sites (tertiary alicyclic amines) is 1. The first-order valence-electron chi connectivity index (χ1n) is 8.68. The lowest BCUT2D eigenvalue weighted by atomic mass is 10.1. The van der Waals surface area contributed by atoms with E-state index in [1.54, 1.807) is 0 Å². The zero-order valence-corrected chi connectivity index (χ0v) is 14.1. The van der Waals surface area contributed by atoms with E-state index >= 15 is 0 Å². The lowest BCUT2D eigenvalue weighted by Gasteiger charge is -2.32. The SMILES string of the molecule is CN1CCN(Cc2ccc(C(=O)N3CCC[C@H]3CN)cc2)CC1. The van der Waals surface area contributed by atoms with Gasteiger partial charge in [-0.05, 0) is 37.6 Å². The van der Waals surface area contributed by atoms with Gasteiger partial charge in [-0.15, -0.1) is 0 Å². The average Bonchev–Trinajstić information content (AvgIpc) is 3.06. The van der Waals surface area contributed by atoms with Crippen molar-refractivity contribution in [2.75, 3.05) is 46.3 Å². The van der Waals surface area contributed by atoms with Crippen LogP contribution < -0.4 is 5.73 Å². The molecule has 2 saturated heterocycles. The first-order valence-corrected chi connectivity index (χ1v) is 8.68. The van der Waals surface area contributed by atoms with E-state index in [1.165, 1.54) is 5.56 Å². The Morgan fingerprint density at radius 3 is 2.48 bits per heavy atom. The van der Waals surface area contributed by atoms with Gasteiger partial charge in [0.05, 0.1) is 0 Å². The van der Waals surface area contributed by atoms with E-state index in [0.717, 1.165) is 57.7 Å². The Bertz CT molecular complexity index is 522. The van der Waals surface area contributed by atoms with E-state index < -0.39 is 0 Å². The highest BCUT2D eigenvalue weighted by atomic mass is 16.2. The number of carbonyl (C=O) groups is 1. The fourth-order valence-corrected chi connectivity index (χ4v) is 3.53. The zero-order valence-electron chi connectivity index (χ0n) is 14.1. The largest absolute Gasteiger partial charge is 0.334 e. The molecule has 2 N–H and O–H groups in total. The molecule has 0 aromatic heterocycles. The molecule has 3 rings (SSSR count). The third kappa shape index (κ3) is 3.91. The molecular formula is C18H28N4O. The number of nitrogens with two attached hydrogens (primary N) is 1. The van der Waals surface area contributed by atoms with Crippen LogP contribution in [-0.4, -0.2) is 73.0 Å². The van der Waals surface area contributed by atoms with Gasteiger partial charge < -0.3 is 15.5 Å². The maximum absolute atomic E-state index is 12.6. The van der Waals surface area contributed by atoms with Gasteiger partial charge in [-0.2, -0.15) is 0 Å². The van der Waals surface area contributed by atoms with Crippen LogP contribution in [0.4, 0.5) is 0 Å². The molecule has 23 heavy (non-hydrogen) atoms. The summed E-state index contributed by atoms with van der Waals surface area (Å²) in [4.78, 5) is 19.4. The Hall–Kier alpha value is -1.43. The van der Waals surface area contributed by atoms with E-state index in [9.17, 15) is 4.79 Å². The van der Waals surface area contributed by atoms with Gasteiger partial charge in [0.25, 0.3) is 5.91 Å². The van der Waals surface area contributed by atoms with Crippen molar-refractivity contribution in [3.63, 3.8) is 0 Å². The number of amides is 1. The van der Waals surface area contributed by atoms with Crippen LogP contribution in [0.2, 0.25) is 0 Å². The number of piperazine rings is 1. The first-order chi connectivity index (χ1) is 11.2. The molecule has 5 heteroatoms. The number of hydrogen-bond donors (Lipinski definition) is 1. The number of hydrogen-bond acceptors (Lipinski definition) is 4. The number of benzene rings is 1. The summed E-state index contributed by atoms with van der Waals surface area (Å²) in [6.45, 7) is 6.86. The monoisotopic (exact) mass is 316 g/mol. The minimum atomic E-state index is 0.129. The normalized spacial score (nSPS) is 23.4.